The molecule has 3 N–H and O–H groups in total. The fraction of sp³-hybridized carbons (Fsp3) is 0.353. The summed E-state index contributed by atoms with van der Waals surface area (Å²) in [6, 6.07) is 7.74. The van der Waals surface area contributed by atoms with E-state index in [2.05, 4.69) is 5.32 Å². The highest BCUT2D eigenvalue weighted by Gasteiger charge is 2.18. The van der Waals surface area contributed by atoms with Crippen molar-refractivity contribution in [2.75, 3.05) is 12.3 Å². The summed E-state index contributed by atoms with van der Waals surface area (Å²) in [6.45, 7) is 6.65. The average Bonchev–Trinajstić information content (AvgIpc) is 2.87. The van der Waals surface area contributed by atoms with Gasteiger partial charge in [0.15, 0.2) is 0 Å². The van der Waals surface area contributed by atoms with Crippen LogP contribution in [0.3, 0.4) is 0 Å². The molecule has 1 amide bonds. The normalized spacial score (nSPS) is 10.7. The molecule has 2 rings (SSSR count). The van der Waals surface area contributed by atoms with E-state index >= 15 is 0 Å². The Morgan fingerprint density at radius 2 is 2.00 bits per heavy atom. The number of anilines is 1. The van der Waals surface area contributed by atoms with Crippen molar-refractivity contribution in [3.63, 3.8) is 0 Å². The predicted molar refractivity (Wildman–Crippen MR) is 92.6 cm³/mol. The Bertz CT molecular complexity index is 633. The van der Waals surface area contributed by atoms with Gasteiger partial charge >= 0.3 is 0 Å². The molecule has 0 saturated heterocycles. The Hall–Kier alpha value is -2.01. The van der Waals surface area contributed by atoms with E-state index in [1.165, 1.54) is 11.3 Å². The SMILES string of the molecule is CCCNC(=O)c1c(-c2ccc(OC(C)C)cc2)csc1N. The lowest BCUT2D eigenvalue weighted by Gasteiger charge is -2.11. The molecule has 0 aliphatic carbocycles. The van der Waals surface area contributed by atoms with Gasteiger partial charge in [-0.15, -0.1) is 11.3 Å². The molecule has 0 aliphatic heterocycles. The monoisotopic (exact) mass is 318 g/mol. The maximum Gasteiger partial charge on any atom is 0.254 e. The fourth-order valence-corrected chi connectivity index (χ4v) is 2.95. The van der Waals surface area contributed by atoms with Gasteiger partial charge in [0.2, 0.25) is 0 Å². The van der Waals surface area contributed by atoms with Crippen molar-refractivity contribution >= 4 is 22.2 Å². The van der Waals surface area contributed by atoms with Crippen LogP contribution >= 0.6 is 11.3 Å². The van der Waals surface area contributed by atoms with Crippen LogP contribution in [-0.4, -0.2) is 18.6 Å². The number of thiophene rings is 1. The van der Waals surface area contributed by atoms with Gasteiger partial charge in [0.05, 0.1) is 16.7 Å². The van der Waals surface area contributed by atoms with Crippen LogP contribution in [0.4, 0.5) is 5.00 Å². The lowest BCUT2D eigenvalue weighted by molar-refractivity contribution is 0.0955. The van der Waals surface area contributed by atoms with Gasteiger partial charge in [0.1, 0.15) is 5.75 Å². The van der Waals surface area contributed by atoms with Crippen molar-refractivity contribution in [2.45, 2.75) is 33.3 Å². The van der Waals surface area contributed by atoms with Crippen LogP contribution in [0.1, 0.15) is 37.6 Å². The smallest absolute Gasteiger partial charge is 0.254 e. The second kappa shape index (κ2) is 7.31. The molecule has 0 atom stereocenters. The molecule has 0 fully saturated rings. The molecule has 0 radical (unpaired) electrons. The number of nitrogens with two attached hydrogens (primary N) is 1. The molecule has 5 heteroatoms. The molecule has 2 aromatic rings. The molecule has 4 nitrogen and oxygen atoms in total. The van der Waals surface area contributed by atoms with Crippen molar-refractivity contribution in [1.82, 2.24) is 5.32 Å². The van der Waals surface area contributed by atoms with Gasteiger partial charge in [-0.3, -0.25) is 4.79 Å². The zero-order valence-corrected chi connectivity index (χ0v) is 14.0. The topological polar surface area (TPSA) is 64.3 Å². The van der Waals surface area contributed by atoms with Crippen molar-refractivity contribution in [1.29, 1.82) is 0 Å². The number of hydrogen-bond donors (Lipinski definition) is 2. The van der Waals surface area contributed by atoms with Gasteiger partial charge in [0.25, 0.3) is 5.91 Å². The van der Waals surface area contributed by atoms with E-state index < -0.39 is 0 Å². The van der Waals surface area contributed by atoms with Crippen LogP contribution in [0.25, 0.3) is 11.1 Å². The number of hydrogen-bond acceptors (Lipinski definition) is 4. The van der Waals surface area contributed by atoms with Gasteiger partial charge in [-0.1, -0.05) is 19.1 Å². The predicted octanol–water partition coefficient (Wildman–Crippen LogP) is 3.92. The summed E-state index contributed by atoms with van der Waals surface area (Å²) in [5.74, 6) is 0.706. The fourth-order valence-electron chi connectivity index (χ4n) is 2.13. The Morgan fingerprint density at radius 1 is 1.32 bits per heavy atom. The lowest BCUT2D eigenvalue weighted by atomic mass is 10.0. The molecular formula is C17H22N2O2S. The summed E-state index contributed by atoms with van der Waals surface area (Å²) < 4.78 is 5.64. The zero-order valence-electron chi connectivity index (χ0n) is 13.2. The van der Waals surface area contributed by atoms with Gasteiger partial charge in [-0.25, -0.2) is 0 Å². The maximum atomic E-state index is 12.3. The molecule has 0 aliphatic rings. The van der Waals surface area contributed by atoms with Crippen LogP contribution in [-0.2, 0) is 0 Å². The average molecular weight is 318 g/mol. The maximum absolute atomic E-state index is 12.3. The van der Waals surface area contributed by atoms with Crippen LogP contribution in [0.15, 0.2) is 29.6 Å². The van der Waals surface area contributed by atoms with E-state index in [0.29, 0.717) is 17.1 Å². The molecule has 1 aromatic carbocycles. The van der Waals surface area contributed by atoms with Crippen LogP contribution in [0, 0.1) is 0 Å². The zero-order chi connectivity index (χ0) is 16.1. The number of carbonyl (C=O) groups excluding carboxylic acids is 1. The molecule has 1 heterocycles. The number of rotatable bonds is 6. The van der Waals surface area contributed by atoms with Crippen molar-refractivity contribution < 1.29 is 9.53 Å². The van der Waals surface area contributed by atoms with Gasteiger partial charge in [0, 0.05) is 17.5 Å². The third kappa shape index (κ3) is 3.80. The number of ether oxygens (including phenoxy) is 1. The van der Waals surface area contributed by atoms with E-state index in [0.717, 1.165) is 23.3 Å². The largest absolute Gasteiger partial charge is 0.491 e. The molecule has 1 aromatic heterocycles. The molecule has 0 unspecified atom stereocenters. The molecule has 22 heavy (non-hydrogen) atoms. The molecular weight excluding hydrogens is 296 g/mol. The molecule has 0 spiro atoms. The first-order chi connectivity index (χ1) is 10.5. The summed E-state index contributed by atoms with van der Waals surface area (Å²) >= 11 is 1.39. The first-order valence-electron chi connectivity index (χ1n) is 7.45. The van der Waals surface area contributed by atoms with Crippen LogP contribution in [0.2, 0.25) is 0 Å². The van der Waals surface area contributed by atoms with Crippen molar-refractivity contribution in [3.05, 3.63) is 35.2 Å². The van der Waals surface area contributed by atoms with E-state index in [4.69, 9.17) is 10.5 Å². The first-order valence-corrected chi connectivity index (χ1v) is 8.33. The number of nitrogen functional groups attached to an aromatic ring is 1. The van der Waals surface area contributed by atoms with Gasteiger partial charge < -0.3 is 15.8 Å². The van der Waals surface area contributed by atoms with E-state index in [9.17, 15) is 4.79 Å². The summed E-state index contributed by atoms with van der Waals surface area (Å²) in [6.07, 6.45) is 1.03. The van der Waals surface area contributed by atoms with Crippen molar-refractivity contribution in [3.8, 4) is 16.9 Å². The summed E-state index contributed by atoms with van der Waals surface area (Å²) in [7, 11) is 0. The standard InChI is InChI=1S/C17H22N2O2S/c1-4-9-19-17(20)15-14(10-22-16(15)18)12-5-7-13(8-6-12)21-11(2)3/h5-8,10-11H,4,9,18H2,1-3H3,(H,19,20). The molecule has 118 valence electrons. The summed E-state index contributed by atoms with van der Waals surface area (Å²) in [5.41, 5.74) is 8.38. The second-order valence-electron chi connectivity index (χ2n) is 5.34. The van der Waals surface area contributed by atoms with Crippen LogP contribution in [0.5, 0.6) is 5.75 Å². The quantitative estimate of drug-likeness (QED) is 0.848. The third-order valence-corrected chi connectivity index (χ3v) is 3.93. The highest BCUT2D eigenvalue weighted by Crippen LogP contribution is 2.34. The Labute approximate surface area is 135 Å². The number of nitrogens with one attached hydrogen (secondary N) is 1. The van der Waals surface area contributed by atoms with Crippen molar-refractivity contribution in [2.24, 2.45) is 0 Å². The van der Waals surface area contributed by atoms with E-state index in [1.807, 2.05) is 50.4 Å². The van der Waals surface area contributed by atoms with Crippen LogP contribution < -0.4 is 15.8 Å². The van der Waals surface area contributed by atoms with E-state index in [-0.39, 0.29) is 12.0 Å². The highest BCUT2D eigenvalue weighted by molar-refractivity contribution is 7.15. The minimum atomic E-state index is -0.113. The van der Waals surface area contributed by atoms with E-state index in [1.54, 1.807) is 0 Å². The second-order valence-corrected chi connectivity index (χ2v) is 6.25. The summed E-state index contributed by atoms with van der Waals surface area (Å²) in [5, 5.41) is 5.36. The molecule has 0 saturated carbocycles. The number of benzene rings is 1. The third-order valence-electron chi connectivity index (χ3n) is 3.12. The first kappa shape index (κ1) is 16.4. The Kier molecular flexibility index (Phi) is 5.44. The minimum absolute atomic E-state index is 0.113. The lowest BCUT2D eigenvalue weighted by Crippen LogP contribution is -2.24. The van der Waals surface area contributed by atoms with Gasteiger partial charge in [-0.05, 0) is 38.0 Å². The number of carbonyl (C=O) groups is 1. The highest BCUT2D eigenvalue weighted by atomic mass is 32.1. The number of amides is 1. The summed E-state index contributed by atoms with van der Waals surface area (Å²) in [4.78, 5) is 12.3. The minimum Gasteiger partial charge on any atom is -0.491 e. The Morgan fingerprint density at radius 3 is 2.59 bits per heavy atom. The Balaban J connectivity index is 2.27. The molecule has 0 bridgehead atoms. The van der Waals surface area contributed by atoms with Gasteiger partial charge in [-0.2, -0.15) is 0 Å².